The summed E-state index contributed by atoms with van der Waals surface area (Å²) in [7, 11) is 3.30. The number of anilines is 1. The van der Waals surface area contributed by atoms with Crippen molar-refractivity contribution in [2.45, 2.75) is 6.54 Å². The zero-order valence-corrected chi connectivity index (χ0v) is 18.1. The summed E-state index contributed by atoms with van der Waals surface area (Å²) < 4.78 is 10.7. The molecule has 1 saturated heterocycles. The topological polar surface area (TPSA) is 54.0 Å². The van der Waals surface area contributed by atoms with Crippen molar-refractivity contribution in [2.75, 3.05) is 52.3 Å². The largest absolute Gasteiger partial charge is 0.493 e. The summed E-state index contributed by atoms with van der Waals surface area (Å²) in [6.45, 7) is 4.86. The second kappa shape index (κ2) is 9.81. The third kappa shape index (κ3) is 5.16. The van der Waals surface area contributed by atoms with Crippen LogP contribution in [0.2, 0.25) is 0 Å². The Kier molecular flexibility index (Phi) is 6.70. The smallest absolute Gasteiger partial charge is 0.238 e. The number of rotatable bonds is 7. The number of benzene rings is 3. The third-order valence-corrected chi connectivity index (χ3v) is 5.75. The van der Waals surface area contributed by atoms with E-state index in [1.54, 1.807) is 14.2 Å². The van der Waals surface area contributed by atoms with Crippen molar-refractivity contribution in [3.05, 3.63) is 66.2 Å². The predicted molar refractivity (Wildman–Crippen MR) is 124 cm³/mol. The summed E-state index contributed by atoms with van der Waals surface area (Å²) in [6.07, 6.45) is 0. The number of nitrogens with one attached hydrogen (secondary N) is 1. The summed E-state index contributed by atoms with van der Waals surface area (Å²) in [5, 5.41) is 5.28. The fourth-order valence-corrected chi connectivity index (χ4v) is 4.07. The average molecular weight is 420 g/mol. The van der Waals surface area contributed by atoms with Crippen molar-refractivity contribution in [1.82, 2.24) is 9.80 Å². The first-order chi connectivity index (χ1) is 15.2. The molecule has 4 rings (SSSR count). The van der Waals surface area contributed by atoms with Crippen LogP contribution in [0.4, 0.5) is 5.69 Å². The molecule has 1 amide bonds. The maximum absolute atomic E-state index is 12.6. The number of hydrogen-bond acceptors (Lipinski definition) is 5. The average Bonchev–Trinajstić information content (AvgIpc) is 2.80. The summed E-state index contributed by atoms with van der Waals surface area (Å²) in [6, 6.07) is 20.1. The molecule has 162 valence electrons. The number of amides is 1. The Morgan fingerprint density at radius 2 is 1.58 bits per heavy atom. The first-order valence-corrected chi connectivity index (χ1v) is 10.6. The van der Waals surface area contributed by atoms with Crippen LogP contribution in [-0.2, 0) is 11.3 Å². The molecule has 1 aliphatic heterocycles. The maximum atomic E-state index is 12.6. The molecular weight excluding hydrogens is 390 g/mol. The number of carbonyl (C=O) groups excluding carboxylic acids is 1. The van der Waals surface area contributed by atoms with Crippen LogP contribution >= 0.6 is 0 Å². The highest BCUT2D eigenvalue weighted by atomic mass is 16.5. The van der Waals surface area contributed by atoms with Crippen molar-refractivity contribution in [3.63, 3.8) is 0 Å². The second-order valence-corrected chi connectivity index (χ2v) is 7.82. The normalized spacial score (nSPS) is 15.0. The third-order valence-electron chi connectivity index (χ3n) is 5.75. The number of methoxy groups -OCH3 is 2. The first-order valence-electron chi connectivity index (χ1n) is 10.6. The number of nitrogens with zero attached hydrogens (tertiary/aromatic N) is 2. The molecule has 6 nitrogen and oxygen atoms in total. The van der Waals surface area contributed by atoms with E-state index < -0.39 is 0 Å². The molecule has 0 radical (unpaired) electrons. The van der Waals surface area contributed by atoms with Gasteiger partial charge >= 0.3 is 0 Å². The van der Waals surface area contributed by atoms with Gasteiger partial charge in [0.2, 0.25) is 5.91 Å². The lowest BCUT2D eigenvalue weighted by Crippen LogP contribution is -2.48. The Morgan fingerprint density at radius 1 is 0.871 bits per heavy atom. The van der Waals surface area contributed by atoms with Gasteiger partial charge in [-0.2, -0.15) is 0 Å². The second-order valence-electron chi connectivity index (χ2n) is 7.82. The molecule has 0 unspecified atom stereocenters. The summed E-state index contributed by atoms with van der Waals surface area (Å²) in [4.78, 5) is 17.3. The number of piperazine rings is 1. The van der Waals surface area contributed by atoms with Gasteiger partial charge in [-0.1, -0.05) is 42.5 Å². The molecule has 3 aromatic carbocycles. The Labute approximate surface area is 183 Å². The number of carbonyl (C=O) groups is 1. The number of ether oxygens (including phenoxy) is 2. The molecule has 1 heterocycles. The molecule has 0 bridgehead atoms. The van der Waals surface area contributed by atoms with E-state index in [0.29, 0.717) is 6.54 Å². The van der Waals surface area contributed by atoms with Gasteiger partial charge < -0.3 is 14.8 Å². The summed E-state index contributed by atoms with van der Waals surface area (Å²) in [5.74, 6) is 1.53. The maximum Gasteiger partial charge on any atom is 0.238 e. The molecule has 31 heavy (non-hydrogen) atoms. The molecule has 0 aromatic heterocycles. The van der Waals surface area contributed by atoms with Gasteiger partial charge in [-0.25, -0.2) is 0 Å². The van der Waals surface area contributed by atoms with Gasteiger partial charge in [-0.15, -0.1) is 0 Å². The molecule has 6 heteroatoms. The predicted octanol–water partition coefficient (Wildman–Crippen LogP) is 3.61. The monoisotopic (exact) mass is 419 g/mol. The highest BCUT2D eigenvalue weighted by Gasteiger charge is 2.20. The fraction of sp³-hybridized carbons (Fsp3) is 0.320. The quantitative estimate of drug-likeness (QED) is 0.634. The summed E-state index contributed by atoms with van der Waals surface area (Å²) >= 11 is 0. The molecule has 0 aliphatic carbocycles. The van der Waals surface area contributed by atoms with Crippen LogP contribution in [0.1, 0.15) is 5.56 Å². The van der Waals surface area contributed by atoms with Crippen molar-refractivity contribution in [1.29, 1.82) is 0 Å². The van der Waals surface area contributed by atoms with E-state index in [1.165, 1.54) is 5.56 Å². The Hall–Kier alpha value is -3.09. The van der Waals surface area contributed by atoms with E-state index in [1.807, 2.05) is 42.5 Å². The van der Waals surface area contributed by atoms with Crippen LogP contribution in [0.15, 0.2) is 60.7 Å². The van der Waals surface area contributed by atoms with Crippen LogP contribution in [0.3, 0.4) is 0 Å². The van der Waals surface area contributed by atoms with Crippen molar-refractivity contribution in [2.24, 2.45) is 0 Å². The Morgan fingerprint density at radius 3 is 2.35 bits per heavy atom. The van der Waals surface area contributed by atoms with Gasteiger partial charge in [0.05, 0.1) is 20.8 Å². The minimum Gasteiger partial charge on any atom is -0.493 e. The van der Waals surface area contributed by atoms with E-state index in [9.17, 15) is 4.79 Å². The lowest BCUT2D eigenvalue weighted by molar-refractivity contribution is -0.117. The molecular formula is C25H29N3O3. The number of hydrogen-bond donors (Lipinski definition) is 1. The molecule has 0 saturated carbocycles. The summed E-state index contributed by atoms with van der Waals surface area (Å²) in [5.41, 5.74) is 2.06. The number of fused-ring (bicyclic) bond motifs is 1. The Bertz CT molecular complexity index is 1040. The van der Waals surface area contributed by atoms with E-state index in [0.717, 1.165) is 60.7 Å². The van der Waals surface area contributed by atoms with E-state index >= 15 is 0 Å². The lowest BCUT2D eigenvalue weighted by atomic mass is 10.1. The zero-order valence-electron chi connectivity index (χ0n) is 18.1. The highest BCUT2D eigenvalue weighted by Crippen LogP contribution is 2.28. The lowest BCUT2D eigenvalue weighted by Gasteiger charge is -2.34. The molecule has 1 fully saturated rings. The SMILES string of the molecule is COc1ccc(CN2CCN(CC(=O)Nc3cccc4ccccc34)CC2)cc1OC. The molecule has 0 atom stereocenters. The zero-order chi connectivity index (χ0) is 21.6. The minimum atomic E-state index is 0.0321. The van der Waals surface area contributed by atoms with Crippen molar-refractivity contribution < 1.29 is 14.3 Å². The molecule has 0 spiro atoms. The van der Waals surface area contributed by atoms with E-state index in [2.05, 4.69) is 33.3 Å². The van der Waals surface area contributed by atoms with Crippen molar-refractivity contribution in [3.8, 4) is 11.5 Å². The van der Waals surface area contributed by atoms with Crippen LogP contribution in [-0.4, -0.2) is 62.7 Å². The van der Waals surface area contributed by atoms with E-state index in [-0.39, 0.29) is 5.91 Å². The molecule has 1 aliphatic rings. The van der Waals surface area contributed by atoms with Gasteiger partial charge in [0, 0.05) is 43.8 Å². The fourth-order valence-electron chi connectivity index (χ4n) is 4.07. The highest BCUT2D eigenvalue weighted by molar-refractivity contribution is 6.02. The van der Waals surface area contributed by atoms with Crippen LogP contribution in [0, 0.1) is 0 Å². The first kappa shape index (κ1) is 21.2. The van der Waals surface area contributed by atoms with Gasteiger partial charge in [-0.05, 0) is 29.1 Å². The Balaban J connectivity index is 1.28. The van der Waals surface area contributed by atoms with Gasteiger partial charge in [0.25, 0.3) is 0 Å². The van der Waals surface area contributed by atoms with Crippen LogP contribution < -0.4 is 14.8 Å². The van der Waals surface area contributed by atoms with Crippen LogP contribution in [0.5, 0.6) is 11.5 Å². The van der Waals surface area contributed by atoms with Gasteiger partial charge in [-0.3, -0.25) is 14.6 Å². The van der Waals surface area contributed by atoms with Crippen molar-refractivity contribution >= 4 is 22.4 Å². The van der Waals surface area contributed by atoms with Gasteiger partial charge in [0.15, 0.2) is 11.5 Å². The standard InChI is InChI=1S/C25H29N3O3/c1-30-23-11-10-19(16-24(23)31-2)17-27-12-14-28(15-13-27)18-25(29)26-22-9-5-7-20-6-3-4-8-21(20)22/h3-11,16H,12-15,17-18H2,1-2H3,(H,26,29). The minimum absolute atomic E-state index is 0.0321. The molecule has 3 aromatic rings. The van der Waals surface area contributed by atoms with Gasteiger partial charge in [0.1, 0.15) is 0 Å². The van der Waals surface area contributed by atoms with E-state index in [4.69, 9.17) is 9.47 Å². The van der Waals surface area contributed by atoms with Crippen LogP contribution in [0.25, 0.3) is 10.8 Å². The molecule has 1 N–H and O–H groups in total.